The van der Waals surface area contributed by atoms with Crippen molar-refractivity contribution in [2.45, 2.75) is 10.9 Å². The summed E-state index contributed by atoms with van der Waals surface area (Å²) >= 11 is 7.66. The summed E-state index contributed by atoms with van der Waals surface area (Å²) in [5.74, 6) is -0.0548. The highest BCUT2D eigenvalue weighted by Gasteiger charge is 2.16. The molecule has 5 rings (SSSR count). The zero-order chi connectivity index (χ0) is 26.6. The average Bonchev–Trinajstić information content (AvgIpc) is 3.34. The third-order valence-electron chi connectivity index (χ3n) is 5.78. The Morgan fingerprint density at radius 2 is 1.87 bits per heavy atom. The number of halogens is 1. The Kier molecular flexibility index (Phi) is 7.25. The molecule has 2 heterocycles. The molecular weight excluding hydrogens is 524 g/mol. The van der Waals surface area contributed by atoms with E-state index >= 15 is 0 Å². The molecule has 0 fully saturated rings. The smallest absolute Gasteiger partial charge is 0.271 e. The number of hydrogen-bond donors (Lipinski definition) is 2. The molecule has 190 valence electrons. The SMILES string of the molecule is Cn1cnnc1SCc1ccc(C(=O)N/N=C/c2c(O)n(-c3cccc(Cl)c3)c(=O)c3ccccc23)cc1. The molecule has 0 radical (unpaired) electrons. The van der Waals surface area contributed by atoms with Crippen molar-refractivity contribution in [3.63, 3.8) is 0 Å². The molecule has 3 aromatic carbocycles. The highest BCUT2D eigenvalue weighted by atomic mass is 35.5. The quantitative estimate of drug-likeness (QED) is 0.177. The Morgan fingerprint density at radius 3 is 2.58 bits per heavy atom. The number of nitrogens with zero attached hydrogens (tertiary/aromatic N) is 5. The topological polar surface area (TPSA) is 114 Å². The number of thioether (sulfide) groups is 1. The molecule has 0 saturated heterocycles. The van der Waals surface area contributed by atoms with Crippen molar-refractivity contribution in [2.75, 3.05) is 0 Å². The number of aromatic nitrogens is 4. The van der Waals surface area contributed by atoms with E-state index in [2.05, 4.69) is 20.7 Å². The van der Waals surface area contributed by atoms with Crippen molar-refractivity contribution in [1.82, 2.24) is 24.8 Å². The van der Waals surface area contributed by atoms with E-state index in [1.54, 1.807) is 78.8 Å². The number of hydrazone groups is 1. The summed E-state index contributed by atoms with van der Waals surface area (Å²) in [6.07, 6.45) is 2.96. The number of nitrogens with one attached hydrogen (secondary N) is 1. The van der Waals surface area contributed by atoms with E-state index < -0.39 is 11.5 Å². The molecule has 0 bridgehead atoms. The molecule has 38 heavy (non-hydrogen) atoms. The van der Waals surface area contributed by atoms with Gasteiger partial charge in [-0.1, -0.05) is 59.8 Å². The molecule has 0 atom stereocenters. The van der Waals surface area contributed by atoms with Gasteiger partial charge in [-0.3, -0.25) is 9.59 Å². The molecule has 2 aromatic heterocycles. The largest absolute Gasteiger partial charge is 0.494 e. The maximum atomic E-state index is 13.2. The summed E-state index contributed by atoms with van der Waals surface area (Å²) in [6.45, 7) is 0. The van der Waals surface area contributed by atoms with Crippen LogP contribution in [0, 0.1) is 0 Å². The van der Waals surface area contributed by atoms with Crippen LogP contribution in [0.1, 0.15) is 21.5 Å². The predicted molar refractivity (Wildman–Crippen MR) is 148 cm³/mol. The van der Waals surface area contributed by atoms with Crippen LogP contribution in [0.3, 0.4) is 0 Å². The number of aryl methyl sites for hydroxylation is 1. The van der Waals surface area contributed by atoms with Crippen molar-refractivity contribution >= 4 is 46.3 Å². The first-order valence-corrected chi connectivity index (χ1v) is 12.8. The fourth-order valence-corrected chi connectivity index (χ4v) is 4.90. The van der Waals surface area contributed by atoms with E-state index in [0.717, 1.165) is 15.3 Å². The first-order valence-electron chi connectivity index (χ1n) is 11.4. The van der Waals surface area contributed by atoms with Crippen molar-refractivity contribution < 1.29 is 9.90 Å². The Hall–Kier alpha value is -4.41. The summed E-state index contributed by atoms with van der Waals surface area (Å²) < 4.78 is 3.00. The van der Waals surface area contributed by atoms with E-state index in [1.165, 1.54) is 6.21 Å². The second kappa shape index (κ2) is 10.9. The van der Waals surface area contributed by atoms with Gasteiger partial charge in [-0.15, -0.1) is 10.2 Å². The van der Waals surface area contributed by atoms with E-state index in [9.17, 15) is 14.7 Å². The van der Waals surface area contributed by atoms with Crippen LogP contribution < -0.4 is 11.0 Å². The fourth-order valence-electron chi connectivity index (χ4n) is 3.87. The van der Waals surface area contributed by atoms with Crippen LogP contribution >= 0.6 is 23.4 Å². The van der Waals surface area contributed by atoms with Crippen molar-refractivity contribution in [3.8, 4) is 11.6 Å². The molecular formula is C27H21ClN6O3S. The van der Waals surface area contributed by atoms with Gasteiger partial charge >= 0.3 is 0 Å². The minimum absolute atomic E-state index is 0.275. The van der Waals surface area contributed by atoms with Crippen LogP contribution in [0.2, 0.25) is 5.02 Å². The van der Waals surface area contributed by atoms with Crippen LogP contribution in [0.25, 0.3) is 16.5 Å². The number of carbonyl (C=O) groups is 1. The molecule has 0 saturated carbocycles. The van der Waals surface area contributed by atoms with Gasteiger partial charge in [-0.25, -0.2) is 9.99 Å². The zero-order valence-corrected chi connectivity index (χ0v) is 21.6. The molecule has 0 aliphatic rings. The fraction of sp³-hybridized carbons (Fsp3) is 0.0741. The third-order valence-corrected chi connectivity index (χ3v) is 7.12. The Labute approximate surface area is 226 Å². The monoisotopic (exact) mass is 544 g/mol. The molecule has 1 amide bonds. The standard InChI is InChI=1S/C27H21ClN6O3S/c1-33-16-30-32-27(33)38-15-17-9-11-18(12-10-17)24(35)31-29-14-23-21-7-2-3-8-22(21)25(36)34(26(23)37)20-6-4-5-19(28)13-20/h2-14,16,37H,15H2,1H3,(H,31,35)/b29-14+. The van der Waals surface area contributed by atoms with Gasteiger partial charge < -0.3 is 9.67 Å². The first-order chi connectivity index (χ1) is 18.4. The van der Waals surface area contributed by atoms with Crippen molar-refractivity contribution in [2.24, 2.45) is 12.1 Å². The van der Waals surface area contributed by atoms with Crippen molar-refractivity contribution in [1.29, 1.82) is 0 Å². The van der Waals surface area contributed by atoms with Crippen LogP contribution in [-0.4, -0.2) is 36.6 Å². The molecule has 11 heteroatoms. The molecule has 0 spiro atoms. The van der Waals surface area contributed by atoms with Gasteiger partial charge in [0.15, 0.2) is 5.16 Å². The maximum Gasteiger partial charge on any atom is 0.271 e. The molecule has 2 N–H and O–H groups in total. The number of rotatable bonds is 7. The average molecular weight is 545 g/mol. The second-order valence-corrected chi connectivity index (χ2v) is 9.69. The Bertz CT molecular complexity index is 1730. The van der Waals surface area contributed by atoms with Crippen molar-refractivity contribution in [3.05, 3.63) is 111 Å². The zero-order valence-electron chi connectivity index (χ0n) is 20.1. The number of carbonyl (C=O) groups excluding carboxylic acids is 1. The first kappa shape index (κ1) is 25.2. The van der Waals surface area contributed by atoms with E-state index in [1.807, 2.05) is 23.7 Å². The predicted octanol–water partition coefficient (Wildman–Crippen LogP) is 4.53. The molecule has 5 aromatic rings. The molecule has 0 aliphatic carbocycles. The lowest BCUT2D eigenvalue weighted by atomic mass is 10.1. The van der Waals surface area contributed by atoms with E-state index in [0.29, 0.717) is 32.8 Å². The van der Waals surface area contributed by atoms with Crippen LogP contribution in [0.4, 0.5) is 0 Å². The summed E-state index contributed by atoms with van der Waals surface area (Å²) in [4.78, 5) is 25.9. The highest BCUT2D eigenvalue weighted by Crippen LogP contribution is 2.27. The summed E-state index contributed by atoms with van der Waals surface area (Å²) in [6, 6.07) is 20.6. The summed E-state index contributed by atoms with van der Waals surface area (Å²) in [5.41, 5.74) is 4.21. The lowest BCUT2D eigenvalue weighted by molar-refractivity contribution is 0.0955. The maximum absolute atomic E-state index is 13.2. The van der Waals surface area contributed by atoms with E-state index in [-0.39, 0.29) is 11.4 Å². The number of pyridine rings is 1. The number of aromatic hydroxyl groups is 1. The van der Waals surface area contributed by atoms with E-state index in [4.69, 9.17) is 11.6 Å². The summed E-state index contributed by atoms with van der Waals surface area (Å²) in [5, 5.41) is 25.1. The minimum atomic E-state index is -0.416. The van der Waals surface area contributed by atoms with Crippen LogP contribution in [-0.2, 0) is 12.8 Å². The van der Waals surface area contributed by atoms with Gasteiger partial charge in [0.25, 0.3) is 11.5 Å². The number of amides is 1. The van der Waals surface area contributed by atoms with Gasteiger partial charge in [0, 0.05) is 34.2 Å². The van der Waals surface area contributed by atoms with Crippen LogP contribution in [0.5, 0.6) is 5.88 Å². The number of hydrogen-bond acceptors (Lipinski definition) is 7. The lowest BCUT2D eigenvalue weighted by Gasteiger charge is -2.13. The Morgan fingerprint density at radius 1 is 1.11 bits per heavy atom. The van der Waals surface area contributed by atoms with Gasteiger partial charge in [0.1, 0.15) is 6.33 Å². The van der Waals surface area contributed by atoms with Crippen LogP contribution in [0.15, 0.2) is 94.2 Å². The number of benzene rings is 3. The molecule has 0 aliphatic heterocycles. The highest BCUT2D eigenvalue weighted by molar-refractivity contribution is 7.98. The molecule has 9 nitrogen and oxygen atoms in total. The number of fused-ring (bicyclic) bond motifs is 1. The summed E-state index contributed by atoms with van der Waals surface area (Å²) in [7, 11) is 1.88. The second-order valence-electron chi connectivity index (χ2n) is 8.31. The minimum Gasteiger partial charge on any atom is -0.494 e. The Balaban J connectivity index is 1.37. The lowest BCUT2D eigenvalue weighted by Crippen LogP contribution is -2.21. The molecule has 0 unspecified atom stereocenters. The third kappa shape index (κ3) is 5.17. The normalized spacial score (nSPS) is 11.3. The van der Waals surface area contributed by atoms with Gasteiger partial charge in [-0.05, 0) is 42.0 Å². The van der Waals surface area contributed by atoms with Gasteiger partial charge in [0.2, 0.25) is 5.88 Å². The van der Waals surface area contributed by atoms with Gasteiger partial charge in [0.05, 0.1) is 17.5 Å². The van der Waals surface area contributed by atoms with Gasteiger partial charge in [-0.2, -0.15) is 5.10 Å².